The fourth-order valence-electron chi connectivity index (χ4n) is 3.58. The second kappa shape index (κ2) is 10.1. The smallest absolute Gasteiger partial charge is 0.303 e. The molecule has 0 N–H and O–H groups in total. The third-order valence-corrected chi connectivity index (χ3v) is 5.95. The van der Waals surface area contributed by atoms with Crippen molar-refractivity contribution < 1.29 is 37.9 Å². The summed E-state index contributed by atoms with van der Waals surface area (Å²) in [4.78, 5) is 35.2. The maximum atomic E-state index is 11.9. The van der Waals surface area contributed by atoms with Gasteiger partial charge < -0.3 is 23.5 Å². The summed E-state index contributed by atoms with van der Waals surface area (Å²) in [6.45, 7) is 7.39. The summed E-state index contributed by atoms with van der Waals surface area (Å²) in [5.74, 6) is -0.261. The van der Waals surface area contributed by atoms with Crippen LogP contribution in [0.1, 0.15) is 32.2 Å². The fourth-order valence-corrected chi connectivity index (χ4v) is 4.79. The van der Waals surface area contributed by atoms with Gasteiger partial charge in [-0.05, 0) is 19.9 Å². The van der Waals surface area contributed by atoms with Crippen LogP contribution in [0, 0.1) is 13.8 Å². The monoisotopic (exact) mass is 463 g/mol. The number of rotatable bonds is 6. The Balaban J connectivity index is 1.96. The molecule has 0 aliphatic carbocycles. The van der Waals surface area contributed by atoms with Gasteiger partial charge in [-0.25, -0.2) is 0 Å². The molecule has 0 amide bonds. The van der Waals surface area contributed by atoms with Crippen LogP contribution in [-0.2, 0) is 28.6 Å². The Morgan fingerprint density at radius 1 is 0.969 bits per heavy atom. The van der Waals surface area contributed by atoms with Crippen molar-refractivity contribution in [2.45, 2.75) is 58.4 Å². The molecule has 2 aromatic rings. The van der Waals surface area contributed by atoms with Crippen LogP contribution in [0.4, 0.5) is 0 Å². The molecule has 1 aliphatic heterocycles. The van der Waals surface area contributed by atoms with Crippen molar-refractivity contribution >= 4 is 29.7 Å². The van der Waals surface area contributed by atoms with E-state index in [1.165, 1.54) is 32.5 Å². The second-order valence-corrected chi connectivity index (χ2v) is 8.44. The first-order valence-electron chi connectivity index (χ1n) is 9.99. The number of thioether (sulfide) groups is 1. The third kappa shape index (κ3) is 5.42. The molecule has 2 heterocycles. The summed E-state index contributed by atoms with van der Waals surface area (Å²) in [5, 5.41) is 4.01. The van der Waals surface area contributed by atoms with E-state index in [4.69, 9.17) is 23.5 Å². The topological polar surface area (TPSA) is 114 Å². The molecule has 172 valence electrons. The lowest BCUT2D eigenvalue weighted by Crippen LogP contribution is -2.55. The van der Waals surface area contributed by atoms with E-state index < -0.39 is 41.7 Å². The number of carbonyl (C=O) groups excluding carboxylic acids is 3. The van der Waals surface area contributed by atoms with Crippen molar-refractivity contribution in [3.8, 4) is 16.9 Å². The minimum atomic E-state index is -1.02. The average Bonchev–Trinajstić information content (AvgIpc) is 3.04. The Labute approximate surface area is 189 Å². The van der Waals surface area contributed by atoms with Crippen molar-refractivity contribution in [1.82, 2.24) is 5.16 Å². The van der Waals surface area contributed by atoms with Crippen LogP contribution >= 0.6 is 11.8 Å². The quantitative estimate of drug-likeness (QED) is 0.467. The van der Waals surface area contributed by atoms with Gasteiger partial charge in [0.1, 0.15) is 11.5 Å². The molecule has 0 unspecified atom stereocenters. The van der Waals surface area contributed by atoms with Crippen LogP contribution in [0.2, 0.25) is 0 Å². The van der Waals surface area contributed by atoms with E-state index in [2.05, 4.69) is 5.16 Å². The molecule has 1 aliphatic rings. The minimum absolute atomic E-state index is 0.285. The molecule has 1 fully saturated rings. The number of aryl methyl sites for hydroxylation is 2. The van der Waals surface area contributed by atoms with E-state index in [-0.39, 0.29) is 5.75 Å². The number of benzene rings is 1. The normalized spacial score (nSPS) is 22.7. The third-order valence-electron chi connectivity index (χ3n) is 4.74. The summed E-state index contributed by atoms with van der Waals surface area (Å²) < 4.78 is 27.8. The summed E-state index contributed by atoms with van der Waals surface area (Å²) in [6.07, 6.45) is -2.81. The number of aromatic nitrogens is 1. The molecule has 0 radical (unpaired) electrons. The first-order valence-corrected chi connectivity index (χ1v) is 11.0. The predicted molar refractivity (Wildman–Crippen MR) is 115 cm³/mol. The fraction of sp³-hybridized carbons (Fsp3) is 0.455. The van der Waals surface area contributed by atoms with Crippen molar-refractivity contribution in [2.75, 3.05) is 5.75 Å². The zero-order chi connectivity index (χ0) is 23.4. The SMILES string of the molecule is CC(=O)O[C@@H]1[C@@H](OC(C)=O)[C@H](OC(C)=O)CS[C@H]1Oc1ccccc1-c1c(C)noc1C. The Bertz CT molecular complexity index is 984. The summed E-state index contributed by atoms with van der Waals surface area (Å²) in [7, 11) is 0. The first-order chi connectivity index (χ1) is 15.2. The van der Waals surface area contributed by atoms with Crippen LogP contribution in [0.15, 0.2) is 28.8 Å². The van der Waals surface area contributed by atoms with E-state index in [1.807, 2.05) is 32.0 Å². The van der Waals surface area contributed by atoms with E-state index in [1.54, 1.807) is 6.07 Å². The maximum Gasteiger partial charge on any atom is 0.303 e. The molecule has 0 bridgehead atoms. The second-order valence-electron chi connectivity index (χ2n) is 7.31. The largest absolute Gasteiger partial charge is 0.475 e. The molecule has 1 aromatic carbocycles. The number of hydrogen-bond donors (Lipinski definition) is 0. The van der Waals surface area contributed by atoms with Gasteiger partial charge in [-0.3, -0.25) is 14.4 Å². The van der Waals surface area contributed by atoms with Crippen molar-refractivity contribution in [1.29, 1.82) is 0 Å². The molecule has 9 nitrogen and oxygen atoms in total. The van der Waals surface area contributed by atoms with Gasteiger partial charge in [-0.1, -0.05) is 23.4 Å². The molecular weight excluding hydrogens is 438 g/mol. The van der Waals surface area contributed by atoms with E-state index in [9.17, 15) is 14.4 Å². The summed E-state index contributed by atoms with van der Waals surface area (Å²) in [6, 6.07) is 7.34. The average molecular weight is 464 g/mol. The molecule has 0 spiro atoms. The zero-order valence-electron chi connectivity index (χ0n) is 18.4. The molecular formula is C22H25NO8S. The van der Waals surface area contributed by atoms with Gasteiger partial charge in [0, 0.05) is 32.1 Å². The van der Waals surface area contributed by atoms with E-state index in [0.717, 1.165) is 11.1 Å². The van der Waals surface area contributed by atoms with Crippen molar-refractivity contribution in [2.24, 2.45) is 0 Å². The van der Waals surface area contributed by atoms with Crippen LogP contribution in [0.3, 0.4) is 0 Å². The minimum Gasteiger partial charge on any atom is -0.475 e. The Kier molecular flexibility index (Phi) is 7.44. The predicted octanol–water partition coefficient (Wildman–Crippen LogP) is 3.21. The Morgan fingerprint density at radius 3 is 2.19 bits per heavy atom. The van der Waals surface area contributed by atoms with Gasteiger partial charge in [0.25, 0.3) is 0 Å². The van der Waals surface area contributed by atoms with Crippen LogP contribution in [-0.4, -0.2) is 52.6 Å². The maximum absolute atomic E-state index is 11.9. The molecule has 0 saturated carbocycles. The number of ether oxygens (including phenoxy) is 4. The van der Waals surface area contributed by atoms with Crippen LogP contribution in [0.25, 0.3) is 11.1 Å². The highest BCUT2D eigenvalue weighted by atomic mass is 32.2. The highest BCUT2D eigenvalue weighted by Crippen LogP contribution is 2.39. The standard InChI is InChI=1S/C22H25NO8S/c1-11-19(12(2)31-23-11)16-8-6-7-9-17(16)30-22-21(29-15(5)26)20(28-14(4)25)18(10-32-22)27-13(3)24/h6-9,18,20-22H,10H2,1-5H3/t18-,20+,21-,22-/m1/s1. The lowest BCUT2D eigenvalue weighted by Gasteiger charge is -2.40. The number of carbonyl (C=O) groups is 3. The molecule has 10 heteroatoms. The van der Waals surface area contributed by atoms with Crippen LogP contribution < -0.4 is 4.74 Å². The van der Waals surface area contributed by atoms with Gasteiger partial charge in [-0.2, -0.15) is 0 Å². The van der Waals surface area contributed by atoms with Gasteiger partial charge in [0.15, 0.2) is 23.7 Å². The Hall–Kier alpha value is -3.01. The zero-order valence-corrected chi connectivity index (χ0v) is 19.3. The molecule has 4 atom stereocenters. The first kappa shape index (κ1) is 23.6. The molecule has 1 saturated heterocycles. The number of para-hydroxylation sites is 1. The van der Waals surface area contributed by atoms with E-state index in [0.29, 0.717) is 17.2 Å². The lowest BCUT2D eigenvalue weighted by molar-refractivity contribution is -0.186. The number of hydrogen-bond acceptors (Lipinski definition) is 10. The molecule has 3 rings (SSSR count). The summed E-state index contributed by atoms with van der Waals surface area (Å²) >= 11 is 1.30. The lowest BCUT2D eigenvalue weighted by atomic mass is 10.0. The highest BCUT2D eigenvalue weighted by molar-refractivity contribution is 7.99. The van der Waals surface area contributed by atoms with E-state index >= 15 is 0 Å². The Morgan fingerprint density at radius 2 is 1.59 bits per heavy atom. The van der Waals surface area contributed by atoms with Gasteiger partial charge in [0.05, 0.1) is 11.3 Å². The van der Waals surface area contributed by atoms with Gasteiger partial charge in [-0.15, -0.1) is 11.8 Å². The summed E-state index contributed by atoms with van der Waals surface area (Å²) in [5.41, 5.74) is 1.55. The van der Waals surface area contributed by atoms with Gasteiger partial charge >= 0.3 is 17.9 Å². The van der Waals surface area contributed by atoms with Crippen LogP contribution in [0.5, 0.6) is 5.75 Å². The highest BCUT2D eigenvalue weighted by Gasteiger charge is 2.47. The number of esters is 3. The number of nitrogens with zero attached hydrogens (tertiary/aromatic N) is 1. The van der Waals surface area contributed by atoms with Crippen molar-refractivity contribution in [3.05, 3.63) is 35.7 Å². The van der Waals surface area contributed by atoms with Gasteiger partial charge in [0.2, 0.25) is 0 Å². The van der Waals surface area contributed by atoms with Crippen molar-refractivity contribution in [3.63, 3.8) is 0 Å². The molecule has 32 heavy (non-hydrogen) atoms. The molecule has 1 aromatic heterocycles.